The lowest BCUT2D eigenvalue weighted by atomic mass is 10.1. The number of nitrogens with zero attached hydrogens (tertiary/aromatic N) is 1. The maximum Gasteiger partial charge on any atom is 0.251 e. The molecule has 4 N–H and O–H groups in total. The Morgan fingerprint density at radius 1 is 1.20 bits per heavy atom. The first-order valence-electron chi connectivity index (χ1n) is 9.32. The predicted octanol–water partition coefficient (Wildman–Crippen LogP) is 4.05. The highest BCUT2D eigenvalue weighted by atomic mass is 32.1. The zero-order valence-corrected chi connectivity index (χ0v) is 17.8. The van der Waals surface area contributed by atoms with E-state index in [1.165, 1.54) is 11.3 Å². The first kappa shape index (κ1) is 21.1. The fourth-order valence-electron chi connectivity index (χ4n) is 2.84. The van der Waals surface area contributed by atoms with Crippen molar-refractivity contribution in [1.29, 1.82) is 0 Å². The highest BCUT2D eigenvalue weighted by Crippen LogP contribution is 2.33. The topological polar surface area (TPSA) is 88.7 Å². The molecule has 0 aliphatic heterocycles. The largest absolute Gasteiger partial charge is 0.497 e. The molecule has 0 radical (unpaired) electrons. The molecule has 3 aromatic rings. The maximum atomic E-state index is 11.7. The zero-order valence-electron chi connectivity index (χ0n) is 16.9. The Morgan fingerprint density at radius 2 is 1.90 bits per heavy atom. The van der Waals surface area contributed by atoms with E-state index in [1.54, 1.807) is 32.5 Å². The smallest absolute Gasteiger partial charge is 0.251 e. The number of hydrogen-bond acceptors (Lipinski definition) is 5. The molecule has 0 saturated carbocycles. The first-order chi connectivity index (χ1) is 14.5. The Morgan fingerprint density at radius 3 is 2.50 bits per heavy atom. The Bertz CT molecular complexity index is 1050. The molecule has 154 valence electrons. The minimum atomic E-state index is -0.115. The molecule has 0 aliphatic rings. The summed E-state index contributed by atoms with van der Waals surface area (Å²) in [5.41, 5.74) is 9.58. The van der Waals surface area contributed by atoms with Crippen LogP contribution in [0.3, 0.4) is 0 Å². The van der Waals surface area contributed by atoms with Gasteiger partial charge >= 0.3 is 0 Å². The summed E-state index contributed by atoms with van der Waals surface area (Å²) in [5, 5.41) is 5.72. The van der Waals surface area contributed by atoms with Crippen LogP contribution in [0.5, 0.6) is 5.75 Å². The van der Waals surface area contributed by atoms with Crippen molar-refractivity contribution in [1.82, 2.24) is 10.6 Å². The average Bonchev–Trinajstić information content (AvgIpc) is 3.18. The second-order valence-electron chi connectivity index (χ2n) is 6.41. The summed E-state index contributed by atoms with van der Waals surface area (Å²) in [6, 6.07) is 17.1. The van der Waals surface area contributed by atoms with E-state index in [1.807, 2.05) is 42.5 Å². The summed E-state index contributed by atoms with van der Waals surface area (Å²) < 4.78 is 5.19. The van der Waals surface area contributed by atoms with E-state index >= 15 is 0 Å². The van der Waals surface area contributed by atoms with Crippen molar-refractivity contribution in [3.8, 4) is 16.2 Å². The monoisotopic (exact) mass is 420 g/mol. The van der Waals surface area contributed by atoms with Crippen molar-refractivity contribution < 1.29 is 9.53 Å². The summed E-state index contributed by atoms with van der Waals surface area (Å²) in [5.74, 6) is 1.36. The average molecular weight is 421 g/mol. The van der Waals surface area contributed by atoms with E-state index in [0.717, 1.165) is 26.6 Å². The van der Waals surface area contributed by atoms with Crippen molar-refractivity contribution in [2.75, 3.05) is 19.9 Å². The number of hydrogen-bond donors (Lipinski definition) is 3. The lowest BCUT2D eigenvalue weighted by molar-refractivity contribution is 0.0963. The second kappa shape index (κ2) is 9.76. The predicted molar refractivity (Wildman–Crippen MR) is 124 cm³/mol. The number of nitrogens with two attached hydrogens (primary N) is 1. The molecule has 6 nitrogen and oxygen atoms in total. The van der Waals surface area contributed by atoms with Crippen LogP contribution in [0.25, 0.3) is 10.4 Å². The summed E-state index contributed by atoms with van der Waals surface area (Å²) in [7, 11) is 3.25. The molecule has 0 fully saturated rings. The van der Waals surface area contributed by atoms with Crippen molar-refractivity contribution in [2.24, 2.45) is 4.99 Å². The SMILES string of the molecule is C=CNC(=NCc1ccc(OC)cc1)c1sc(-c2ccc(C(=O)NC)cc2)cc1N. The van der Waals surface area contributed by atoms with E-state index in [-0.39, 0.29) is 5.91 Å². The van der Waals surface area contributed by atoms with Crippen molar-refractivity contribution in [3.63, 3.8) is 0 Å². The fourth-order valence-corrected chi connectivity index (χ4v) is 3.90. The summed E-state index contributed by atoms with van der Waals surface area (Å²) in [4.78, 5) is 18.3. The number of nitrogen functional groups attached to an aromatic ring is 1. The number of amides is 1. The quantitative estimate of drug-likeness (QED) is 0.397. The lowest BCUT2D eigenvalue weighted by Gasteiger charge is -2.06. The van der Waals surface area contributed by atoms with Crippen LogP contribution in [-0.4, -0.2) is 25.9 Å². The normalized spacial score (nSPS) is 11.1. The van der Waals surface area contributed by atoms with Crippen molar-refractivity contribution >= 4 is 28.8 Å². The minimum absolute atomic E-state index is 0.115. The standard InChI is InChI=1S/C23H24N4O2S/c1-4-26-22(27-14-15-5-11-18(29-3)12-6-15)21-19(24)13-20(30-21)16-7-9-17(10-8-16)23(28)25-2/h4-13H,1,14,24H2,2-3H3,(H,25,28)(H,26,27). The molecule has 0 atom stereocenters. The van der Waals surface area contributed by atoms with Gasteiger partial charge in [0.15, 0.2) is 0 Å². The van der Waals surface area contributed by atoms with Gasteiger partial charge in [0.1, 0.15) is 11.6 Å². The van der Waals surface area contributed by atoms with Crippen LogP contribution in [0.15, 0.2) is 72.4 Å². The third-order valence-corrected chi connectivity index (χ3v) is 5.66. The molecule has 0 unspecified atom stereocenters. The number of thiophene rings is 1. The molecule has 3 rings (SSSR count). The van der Waals surface area contributed by atoms with Crippen LogP contribution < -0.4 is 21.1 Å². The van der Waals surface area contributed by atoms with Gasteiger partial charge in [-0.1, -0.05) is 30.8 Å². The number of amidine groups is 1. The highest BCUT2D eigenvalue weighted by molar-refractivity contribution is 7.18. The van der Waals surface area contributed by atoms with Gasteiger partial charge in [0, 0.05) is 17.5 Å². The van der Waals surface area contributed by atoms with Crippen LogP contribution in [-0.2, 0) is 6.54 Å². The van der Waals surface area contributed by atoms with Gasteiger partial charge < -0.3 is 21.1 Å². The second-order valence-corrected chi connectivity index (χ2v) is 7.47. The number of nitrogens with one attached hydrogen (secondary N) is 2. The molecule has 0 aliphatic carbocycles. The van der Waals surface area contributed by atoms with E-state index in [4.69, 9.17) is 15.5 Å². The van der Waals surface area contributed by atoms with Gasteiger partial charge in [-0.15, -0.1) is 11.3 Å². The zero-order chi connectivity index (χ0) is 21.5. The molecule has 1 aromatic heterocycles. The van der Waals surface area contributed by atoms with Gasteiger partial charge in [0.25, 0.3) is 5.91 Å². The van der Waals surface area contributed by atoms with Crippen LogP contribution in [0, 0.1) is 0 Å². The number of aliphatic imine (C=N–C) groups is 1. The maximum absolute atomic E-state index is 11.7. The molecular weight excluding hydrogens is 396 g/mol. The van der Waals surface area contributed by atoms with Gasteiger partial charge in [-0.05, 0) is 47.7 Å². The fraction of sp³-hybridized carbons (Fsp3) is 0.130. The van der Waals surface area contributed by atoms with E-state index in [0.29, 0.717) is 23.6 Å². The number of rotatable bonds is 7. The number of methoxy groups -OCH3 is 1. The highest BCUT2D eigenvalue weighted by Gasteiger charge is 2.14. The van der Waals surface area contributed by atoms with Gasteiger partial charge in [-0.3, -0.25) is 9.79 Å². The van der Waals surface area contributed by atoms with Gasteiger partial charge in [-0.25, -0.2) is 0 Å². The van der Waals surface area contributed by atoms with E-state index < -0.39 is 0 Å². The first-order valence-corrected chi connectivity index (χ1v) is 10.1. The number of carbonyl (C=O) groups is 1. The van der Waals surface area contributed by atoms with Crippen molar-refractivity contribution in [3.05, 3.63) is 83.4 Å². The Hall–Kier alpha value is -3.58. The lowest BCUT2D eigenvalue weighted by Crippen LogP contribution is -2.18. The Kier molecular flexibility index (Phi) is 6.87. The molecule has 1 heterocycles. The summed E-state index contributed by atoms with van der Waals surface area (Å²) in [6.45, 7) is 4.24. The van der Waals surface area contributed by atoms with Crippen molar-refractivity contribution in [2.45, 2.75) is 6.54 Å². The third kappa shape index (κ3) is 4.87. The number of anilines is 1. The number of ether oxygens (including phenoxy) is 1. The Balaban J connectivity index is 1.85. The molecule has 0 bridgehead atoms. The van der Waals surface area contributed by atoms with E-state index in [9.17, 15) is 4.79 Å². The molecular formula is C23H24N4O2S. The van der Waals surface area contributed by atoms with E-state index in [2.05, 4.69) is 17.2 Å². The van der Waals surface area contributed by atoms with Crippen LogP contribution >= 0.6 is 11.3 Å². The molecule has 7 heteroatoms. The molecule has 0 saturated heterocycles. The third-order valence-electron chi connectivity index (χ3n) is 4.45. The van der Waals surface area contributed by atoms with Gasteiger partial charge in [-0.2, -0.15) is 0 Å². The van der Waals surface area contributed by atoms with Gasteiger partial charge in [0.05, 0.1) is 24.2 Å². The van der Waals surface area contributed by atoms with Crippen LogP contribution in [0.4, 0.5) is 5.69 Å². The minimum Gasteiger partial charge on any atom is -0.497 e. The molecule has 0 spiro atoms. The summed E-state index contributed by atoms with van der Waals surface area (Å²) in [6.07, 6.45) is 1.59. The van der Waals surface area contributed by atoms with Crippen LogP contribution in [0.2, 0.25) is 0 Å². The molecule has 2 aromatic carbocycles. The van der Waals surface area contributed by atoms with Crippen LogP contribution in [0.1, 0.15) is 20.8 Å². The molecule has 30 heavy (non-hydrogen) atoms. The Labute approximate surface area is 180 Å². The van der Waals surface area contributed by atoms with Gasteiger partial charge in [0.2, 0.25) is 0 Å². The number of benzene rings is 2. The number of carbonyl (C=O) groups excluding carboxylic acids is 1. The summed E-state index contributed by atoms with van der Waals surface area (Å²) >= 11 is 1.54. The molecule has 1 amide bonds.